The third-order valence-electron chi connectivity index (χ3n) is 7.48. The number of nitrogens with zero attached hydrogens (tertiary/aromatic N) is 4. The summed E-state index contributed by atoms with van der Waals surface area (Å²) in [6.45, 7) is 9.45. The fourth-order valence-corrected chi connectivity index (χ4v) is 6.82. The molecule has 2 fully saturated rings. The fraction of sp³-hybridized carbons (Fsp3) is 0.429. The Labute approximate surface area is 223 Å². The summed E-state index contributed by atoms with van der Waals surface area (Å²) in [5, 5.41) is 0.235. The van der Waals surface area contributed by atoms with E-state index >= 15 is 0 Å². The number of hydrogen-bond acceptors (Lipinski definition) is 6. The van der Waals surface area contributed by atoms with Gasteiger partial charge in [-0.2, -0.15) is 4.31 Å². The number of amides is 1. The maximum Gasteiger partial charge on any atom is 0.259 e. The molecule has 0 radical (unpaired) electrons. The van der Waals surface area contributed by atoms with Gasteiger partial charge in [0.2, 0.25) is 15.5 Å². The average molecular weight is 539 g/mol. The highest BCUT2D eigenvalue weighted by Gasteiger charge is 2.30. The third kappa shape index (κ3) is 4.83. The van der Waals surface area contributed by atoms with Gasteiger partial charge in [-0.05, 0) is 56.7 Å². The van der Waals surface area contributed by atoms with Crippen LogP contribution in [0, 0.1) is 6.92 Å². The van der Waals surface area contributed by atoms with Crippen LogP contribution in [-0.2, 0) is 21.3 Å². The number of rotatable bonds is 5. The van der Waals surface area contributed by atoms with Gasteiger partial charge in [-0.3, -0.25) is 9.59 Å². The third-order valence-corrected chi connectivity index (χ3v) is 9.37. The highest BCUT2D eigenvalue weighted by molar-refractivity contribution is 7.89. The van der Waals surface area contributed by atoms with Crippen molar-refractivity contribution in [2.24, 2.45) is 0 Å². The van der Waals surface area contributed by atoms with E-state index in [-0.39, 0.29) is 40.9 Å². The van der Waals surface area contributed by atoms with E-state index in [0.29, 0.717) is 44.9 Å². The number of ether oxygens (including phenoxy) is 1. The summed E-state index contributed by atoms with van der Waals surface area (Å²) in [5.41, 5.74) is 2.53. The average Bonchev–Trinajstić information content (AvgIpc) is 2.93. The van der Waals surface area contributed by atoms with Crippen LogP contribution in [0.25, 0.3) is 10.9 Å². The Balaban J connectivity index is 1.47. The summed E-state index contributed by atoms with van der Waals surface area (Å²) in [4.78, 5) is 31.4. The van der Waals surface area contributed by atoms with Crippen molar-refractivity contribution < 1.29 is 17.9 Å². The first-order valence-electron chi connectivity index (χ1n) is 13.1. The van der Waals surface area contributed by atoms with Crippen LogP contribution < -0.4 is 10.3 Å². The lowest BCUT2D eigenvalue weighted by molar-refractivity contribution is 0.0724. The van der Waals surface area contributed by atoms with Crippen LogP contribution in [0.4, 0.5) is 5.69 Å². The van der Waals surface area contributed by atoms with Crippen LogP contribution >= 0.6 is 0 Å². The molecule has 5 rings (SSSR count). The van der Waals surface area contributed by atoms with Gasteiger partial charge in [-0.1, -0.05) is 12.1 Å². The van der Waals surface area contributed by atoms with Gasteiger partial charge in [0.25, 0.3) is 5.91 Å². The normalized spacial score (nSPS) is 19.2. The van der Waals surface area contributed by atoms with Crippen molar-refractivity contribution in [2.75, 3.05) is 50.8 Å². The first-order valence-corrected chi connectivity index (χ1v) is 14.5. The molecule has 2 aromatic carbocycles. The van der Waals surface area contributed by atoms with Gasteiger partial charge < -0.3 is 19.1 Å². The quantitative estimate of drug-likeness (QED) is 0.496. The molecule has 0 saturated carbocycles. The first-order chi connectivity index (χ1) is 18.2. The minimum atomic E-state index is -3.78. The van der Waals surface area contributed by atoms with Gasteiger partial charge in [0.05, 0.1) is 23.6 Å². The van der Waals surface area contributed by atoms with E-state index in [0.717, 1.165) is 5.69 Å². The second kappa shape index (κ2) is 10.5. The standard InChI is InChI=1S/C28H34N4O5S/c1-4-29-19-25(28(34)30-10-11-32(21(3)18-30)22-7-5-6-20(2)16-22)27(33)24-17-23(8-9-26(24)29)38(35,36)31-12-14-37-15-13-31/h5-9,16-17,19,21H,4,10-15,18H2,1-3H3/t21-/m1/s1. The molecule has 3 heterocycles. The molecule has 9 nitrogen and oxygen atoms in total. The number of fused-ring (bicyclic) bond motifs is 1. The number of piperazine rings is 1. The molecule has 38 heavy (non-hydrogen) atoms. The van der Waals surface area contributed by atoms with Crippen LogP contribution in [0.5, 0.6) is 0 Å². The smallest absolute Gasteiger partial charge is 0.259 e. The lowest BCUT2D eigenvalue weighted by atomic mass is 10.1. The minimum absolute atomic E-state index is 0.0524. The molecule has 1 aromatic heterocycles. The summed E-state index contributed by atoms with van der Waals surface area (Å²) >= 11 is 0. The highest BCUT2D eigenvalue weighted by atomic mass is 32.2. The predicted octanol–water partition coefficient (Wildman–Crippen LogP) is 2.70. The van der Waals surface area contributed by atoms with Crippen molar-refractivity contribution in [1.82, 2.24) is 13.8 Å². The largest absolute Gasteiger partial charge is 0.379 e. The highest BCUT2D eigenvalue weighted by Crippen LogP contribution is 2.24. The lowest BCUT2D eigenvalue weighted by Crippen LogP contribution is -2.54. The Morgan fingerprint density at radius 1 is 1.05 bits per heavy atom. The molecule has 0 bridgehead atoms. The van der Waals surface area contributed by atoms with Crippen LogP contribution in [-0.4, -0.2) is 80.1 Å². The molecule has 1 amide bonds. The van der Waals surface area contributed by atoms with Crippen molar-refractivity contribution >= 4 is 32.5 Å². The van der Waals surface area contributed by atoms with Crippen LogP contribution in [0.3, 0.4) is 0 Å². The molecule has 0 spiro atoms. The Hall–Kier alpha value is -3.21. The Morgan fingerprint density at radius 3 is 2.50 bits per heavy atom. The fourth-order valence-electron chi connectivity index (χ4n) is 5.39. The number of hydrogen-bond donors (Lipinski definition) is 0. The van der Waals surface area contributed by atoms with E-state index in [9.17, 15) is 18.0 Å². The molecule has 2 saturated heterocycles. The molecular formula is C28H34N4O5S. The number of carbonyl (C=O) groups excluding carboxylic acids is 1. The van der Waals surface area contributed by atoms with E-state index < -0.39 is 15.5 Å². The second-order valence-electron chi connectivity index (χ2n) is 9.99. The first kappa shape index (κ1) is 26.4. The summed E-state index contributed by atoms with van der Waals surface area (Å²) in [7, 11) is -3.78. The second-order valence-corrected chi connectivity index (χ2v) is 11.9. The molecule has 3 aromatic rings. The van der Waals surface area contributed by atoms with Crippen LogP contribution in [0.1, 0.15) is 29.8 Å². The number of pyridine rings is 1. The zero-order valence-corrected chi connectivity index (χ0v) is 22.9. The molecule has 0 N–H and O–H groups in total. The van der Waals surface area contributed by atoms with E-state index in [2.05, 4.69) is 36.9 Å². The predicted molar refractivity (Wildman–Crippen MR) is 147 cm³/mol. The summed E-state index contributed by atoms with van der Waals surface area (Å²) < 4.78 is 35.0. The summed E-state index contributed by atoms with van der Waals surface area (Å²) in [5.74, 6) is -0.323. The maximum atomic E-state index is 13.7. The molecule has 0 aliphatic carbocycles. The van der Waals surface area contributed by atoms with Crippen molar-refractivity contribution in [2.45, 2.75) is 38.3 Å². The zero-order chi connectivity index (χ0) is 27.0. The monoisotopic (exact) mass is 538 g/mol. The topological polar surface area (TPSA) is 92.2 Å². The van der Waals surface area contributed by atoms with Gasteiger partial charge in [0.1, 0.15) is 5.56 Å². The molecule has 1 atom stereocenters. The molecule has 2 aliphatic rings. The minimum Gasteiger partial charge on any atom is -0.379 e. The van der Waals surface area contributed by atoms with Gasteiger partial charge >= 0.3 is 0 Å². The molecule has 0 unspecified atom stereocenters. The number of carbonyl (C=O) groups is 1. The SMILES string of the molecule is CCn1cc(C(=O)N2CCN(c3cccc(C)c3)[C@H](C)C2)c(=O)c2cc(S(=O)(=O)N3CCOCC3)ccc21. The number of sulfonamides is 1. The Morgan fingerprint density at radius 2 is 1.82 bits per heavy atom. The summed E-state index contributed by atoms with van der Waals surface area (Å²) in [6, 6.07) is 13.0. The van der Waals surface area contributed by atoms with Gasteiger partial charge in [0, 0.05) is 62.6 Å². The Kier molecular flexibility index (Phi) is 7.30. The maximum absolute atomic E-state index is 13.7. The molecule has 202 valence electrons. The Bertz CT molecular complexity index is 1530. The van der Waals surface area contributed by atoms with Gasteiger partial charge in [0.15, 0.2) is 0 Å². The number of morpholine rings is 1. The molecule has 2 aliphatic heterocycles. The van der Waals surface area contributed by atoms with Crippen molar-refractivity contribution in [3.63, 3.8) is 0 Å². The summed E-state index contributed by atoms with van der Waals surface area (Å²) in [6.07, 6.45) is 1.61. The van der Waals surface area contributed by atoms with E-state index in [1.807, 2.05) is 17.6 Å². The number of benzene rings is 2. The van der Waals surface area contributed by atoms with Gasteiger partial charge in [-0.25, -0.2) is 8.42 Å². The number of aryl methyl sites for hydroxylation is 2. The van der Waals surface area contributed by atoms with E-state index in [1.165, 1.54) is 22.0 Å². The van der Waals surface area contributed by atoms with Crippen molar-refractivity contribution in [3.05, 3.63) is 70.0 Å². The van der Waals surface area contributed by atoms with Crippen molar-refractivity contribution in [3.8, 4) is 0 Å². The lowest BCUT2D eigenvalue weighted by Gasteiger charge is -2.41. The number of anilines is 1. The van der Waals surface area contributed by atoms with Crippen molar-refractivity contribution in [1.29, 1.82) is 0 Å². The molecular weight excluding hydrogens is 504 g/mol. The number of aromatic nitrogens is 1. The van der Waals surface area contributed by atoms with E-state index in [4.69, 9.17) is 4.74 Å². The van der Waals surface area contributed by atoms with Gasteiger partial charge in [-0.15, -0.1) is 0 Å². The zero-order valence-electron chi connectivity index (χ0n) is 22.1. The molecule has 10 heteroatoms. The van der Waals surface area contributed by atoms with Crippen LogP contribution in [0.15, 0.2) is 58.4 Å². The van der Waals surface area contributed by atoms with E-state index in [1.54, 1.807) is 17.2 Å². The van der Waals surface area contributed by atoms with Crippen LogP contribution in [0.2, 0.25) is 0 Å².